The summed E-state index contributed by atoms with van der Waals surface area (Å²) >= 11 is 1.98. The molecule has 0 saturated heterocycles. The van der Waals surface area contributed by atoms with Crippen LogP contribution in [0.5, 0.6) is 0 Å². The molecule has 3 N–H and O–H groups in total. The minimum Gasteiger partial charge on any atom is -0.465 e. The Bertz CT molecular complexity index is 598. The van der Waals surface area contributed by atoms with Crippen molar-refractivity contribution in [1.29, 1.82) is 0 Å². The summed E-state index contributed by atoms with van der Waals surface area (Å²) in [4.78, 5) is 10.7. The predicted molar refractivity (Wildman–Crippen MR) is 76.5 cm³/mol. The van der Waals surface area contributed by atoms with Gasteiger partial charge in [0.15, 0.2) is 0 Å². The summed E-state index contributed by atoms with van der Waals surface area (Å²) in [7, 11) is -2.30. The van der Waals surface area contributed by atoms with Crippen molar-refractivity contribution in [3.63, 3.8) is 0 Å². The molecule has 0 fully saturated rings. The Kier molecular flexibility index (Phi) is 4.56. The molecule has 0 saturated carbocycles. The lowest BCUT2D eigenvalue weighted by Gasteiger charge is -2.14. The Morgan fingerprint density at radius 1 is 1.33 bits per heavy atom. The van der Waals surface area contributed by atoms with Gasteiger partial charge >= 0.3 is 6.09 Å². The van der Waals surface area contributed by atoms with E-state index < -0.39 is 16.1 Å². The summed E-state index contributed by atoms with van der Waals surface area (Å²) in [6.45, 7) is 3.44. The standard InChI is InChI=1S/C10H13IN2O4S/c1-5-6(2)9(11)7(13-10(14)15)4-8(5)18(16,17)12-3/h4,12-13H,1-3H3,(H,14,15). The van der Waals surface area contributed by atoms with Crippen molar-refractivity contribution in [3.8, 4) is 0 Å². The van der Waals surface area contributed by atoms with E-state index >= 15 is 0 Å². The second-order valence-corrected chi connectivity index (χ2v) is 6.56. The van der Waals surface area contributed by atoms with E-state index in [1.54, 1.807) is 13.8 Å². The van der Waals surface area contributed by atoms with Crippen LogP contribution in [-0.2, 0) is 10.0 Å². The lowest BCUT2D eigenvalue weighted by Crippen LogP contribution is -2.21. The van der Waals surface area contributed by atoms with Crippen molar-refractivity contribution in [3.05, 3.63) is 20.8 Å². The van der Waals surface area contributed by atoms with Gasteiger partial charge in [0.05, 0.1) is 10.6 Å². The van der Waals surface area contributed by atoms with E-state index in [0.717, 1.165) is 5.56 Å². The van der Waals surface area contributed by atoms with Gasteiger partial charge < -0.3 is 5.11 Å². The van der Waals surface area contributed by atoms with E-state index in [-0.39, 0.29) is 10.6 Å². The molecule has 0 spiro atoms. The molecule has 1 amide bonds. The average molecular weight is 384 g/mol. The SMILES string of the molecule is CNS(=O)(=O)c1cc(NC(=O)O)c(I)c(C)c1C. The molecule has 0 aromatic heterocycles. The van der Waals surface area contributed by atoms with Gasteiger partial charge in [0.2, 0.25) is 10.0 Å². The van der Waals surface area contributed by atoms with Gasteiger partial charge in [0.1, 0.15) is 0 Å². The third-order valence-corrected chi connectivity index (χ3v) is 5.50. The Labute approximate surface area is 119 Å². The topological polar surface area (TPSA) is 95.5 Å². The highest BCUT2D eigenvalue weighted by atomic mass is 127. The Morgan fingerprint density at radius 2 is 1.89 bits per heavy atom. The van der Waals surface area contributed by atoms with Crippen molar-refractivity contribution >= 4 is 44.4 Å². The fourth-order valence-corrected chi connectivity index (χ4v) is 3.19. The lowest BCUT2D eigenvalue weighted by molar-refractivity contribution is 0.209. The number of carboxylic acid groups (broad SMARTS) is 1. The van der Waals surface area contributed by atoms with Crippen LogP contribution in [0.25, 0.3) is 0 Å². The molecule has 0 unspecified atom stereocenters. The quantitative estimate of drug-likeness (QED) is 0.694. The zero-order chi connectivity index (χ0) is 14.1. The Hall–Kier alpha value is -0.870. The number of sulfonamides is 1. The fraction of sp³-hybridized carbons (Fsp3) is 0.300. The van der Waals surface area contributed by atoms with E-state index in [1.165, 1.54) is 13.1 Å². The second-order valence-electron chi connectivity index (χ2n) is 3.62. The van der Waals surface area contributed by atoms with Crippen LogP contribution in [0, 0.1) is 17.4 Å². The van der Waals surface area contributed by atoms with Crippen LogP contribution in [0.15, 0.2) is 11.0 Å². The van der Waals surface area contributed by atoms with Crippen molar-refractivity contribution < 1.29 is 18.3 Å². The number of amides is 1. The highest BCUT2D eigenvalue weighted by molar-refractivity contribution is 14.1. The smallest absolute Gasteiger partial charge is 0.409 e. The maximum Gasteiger partial charge on any atom is 0.409 e. The Morgan fingerprint density at radius 3 is 2.33 bits per heavy atom. The van der Waals surface area contributed by atoms with Gasteiger partial charge in [0.25, 0.3) is 0 Å². The van der Waals surface area contributed by atoms with Crippen LogP contribution in [0.2, 0.25) is 0 Å². The third kappa shape index (κ3) is 2.93. The molecular weight excluding hydrogens is 371 g/mol. The zero-order valence-electron chi connectivity index (χ0n) is 10.0. The van der Waals surface area contributed by atoms with Gasteiger partial charge in [-0.1, -0.05) is 0 Å². The molecule has 0 aliphatic carbocycles. The maximum absolute atomic E-state index is 11.8. The molecule has 18 heavy (non-hydrogen) atoms. The van der Waals surface area contributed by atoms with E-state index in [2.05, 4.69) is 10.0 Å². The number of anilines is 1. The second kappa shape index (κ2) is 5.41. The largest absolute Gasteiger partial charge is 0.465 e. The van der Waals surface area contributed by atoms with Gasteiger partial charge in [-0.05, 0) is 60.7 Å². The first-order valence-electron chi connectivity index (χ1n) is 4.94. The predicted octanol–water partition coefficient (Wildman–Crippen LogP) is 1.91. The monoisotopic (exact) mass is 384 g/mol. The van der Waals surface area contributed by atoms with Gasteiger partial charge in [-0.2, -0.15) is 0 Å². The van der Waals surface area contributed by atoms with E-state index in [1.807, 2.05) is 22.6 Å². The molecule has 8 heteroatoms. The first kappa shape index (κ1) is 15.2. The first-order chi connectivity index (χ1) is 8.20. The van der Waals surface area contributed by atoms with Crippen LogP contribution in [0.4, 0.5) is 10.5 Å². The summed E-state index contributed by atoms with van der Waals surface area (Å²) in [6, 6.07) is 1.32. The maximum atomic E-state index is 11.8. The molecule has 1 aromatic rings. The Balaban J connectivity index is 3.56. The molecule has 0 bridgehead atoms. The fourth-order valence-electron chi connectivity index (χ4n) is 1.45. The average Bonchev–Trinajstić information content (AvgIpc) is 2.29. The minimum atomic E-state index is -3.61. The van der Waals surface area contributed by atoms with Crippen LogP contribution in [0.3, 0.4) is 0 Å². The summed E-state index contributed by atoms with van der Waals surface area (Å²) in [5, 5.41) is 10.9. The molecule has 0 radical (unpaired) electrons. The minimum absolute atomic E-state index is 0.0756. The summed E-state index contributed by atoms with van der Waals surface area (Å²) in [6.07, 6.45) is -1.23. The molecule has 0 aliphatic heterocycles. The van der Waals surface area contributed by atoms with Crippen LogP contribution in [0.1, 0.15) is 11.1 Å². The van der Waals surface area contributed by atoms with E-state index in [0.29, 0.717) is 9.13 Å². The molecule has 6 nitrogen and oxygen atoms in total. The van der Waals surface area contributed by atoms with Gasteiger partial charge in [-0.25, -0.2) is 17.9 Å². The third-order valence-electron chi connectivity index (χ3n) is 2.57. The number of benzene rings is 1. The number of nitrogens with one attached hydrogen (secondary N) is 2. The molecular formula is C10H13IN2O4S. The molecule has 1 rings (SSSR count). The molecule has 100 valence electrons. The van der Waals surface area contributed by atoms with Gasteiger partial charge in [0, 0.05) is 3.57 Å². The first-order valence-corrected chi connectivity index (χ1v) is 7.50. The number of carbonyl (C=O) groups is 1. The van der Waals surface area contributed by atoms with Crippen LogP contribution < -0.4 is 10.0 Å². The van der Waals surface area contributed by atoms with Crippen LogP contribution >= 0.6 is 22.6 Å². The molecule has 0 aliphatic rings. The van der Waals surface area contributed by atoms with Crippen molar-refractivity contribution in [2.24, 2.45) is 0 Å². The molecule has 0 atom stereocenters. The number of hydrogen-bond acceptors (Lipinski definition) is 3. The highest BCUT2D eigenvalue weighted by Gasteiger charge is 2.20. The lowest BCUT2D eigenvalue weighted by atomic mass is 10.1. The molecule has 1 aromatic carbocycles. The molecule has 0 heterocycles. The normalized spacial score (nSPS) is 11.3. The van der Waals surface area contributed by atoms with Gasteiger partial charge in [-0.15, -0.1) is 0 Å². The zero-order valence-corrected chi connectivity index (χ0v) is 13.0. The summed E-state index contributed by atoms with van der Waals surface area (Å²) < 4.78 is 26.6. The van der Waals surface area contributed by atoms with Crippen molar-refractivity contribution in [2.45, 2.75) is 18.7 Å². The van der Waals surface area contributed by atoms with Gasteiger partial charge in [-0.3, -0.25) is 5.32 Å². The summed E-state index contributed by atoms with van der Waals surface area (Å²) in [5.41, 5.74) is 1.60. The van der Waals surface area contributed by atoms with E-state index in [4.69, 9.17) is 5.11 Å². The van der Waals surface area contributed by atoms with Crippen molar-refractivity contribution in [1.82, 2.24) is 4.72 Å². The number of rotatable bonds is 3. The number of hydrogen-bond donors (Lipinski definition) is 3. The van der Waals surface area contributed by atoms with Crippen LogP contribution in [-0.4, -0.2) is 26.7 Å². The number of halogens is 1. The van der Waals surface area contributed by atoms with E-state index in [9.17, 15) is 13.2 Å². The van der Waals surface area contributed by atoms with Crippen molar-refractivity contribution in [2.75, 3.05) is 12.4 Å². The summed E-state index contributed by atoms with van der Waals surface area (Å²) in [5.74, 6) is 0. The highest BCUT2D eigenvalue weighted by Crippen LogP contribution is 2.30.